The van der Waals surface area contributed by atoms with E-state index in [-0.39, 0.29) is 22.5 Å². The fourth-order valence-corrected chi connectivity index (χ4v) is 4.62. The van der Waals surface area contributed by atoms with Crippen molar-refractivity contribution >= 4 is 10.0 Å². The van der Waals surface area contributed by atoms with Gasteiger partial charge in [-0.1, -0.05) is 13.8 Å². The molecule has 2 heterocycles. The van der Waals surface area contributed by atoms with Gasteiger partial charge in [0, 0.05) is 24.9 Å². The average molecular weight is 383 g/mol. The van der Waals surface area contributed by atoms with E-state index in [1.807, 2.05) is 13.8 Å². The van der Waals surface area contributed by atoms with E-state index < -0.39 is 15.8 Å². The van der Waals surface area contributed by atoms with Crippen molar-refractivity contribution in [2.24, 2.45) is 0 Å². The van der Waals surface area contributed by atoms with Crippen LogP contribution in [-0.2, 0) is 10.0 Å². The zero-order valence-electron chi connectivity index (χ0n) is 15.0. The Labute approximate surface area is 152 Å². The van der Waals surface area contributed by atoms with Crippen LogP contribution >= 0.6 is 0 Å². The molecule has 142 valence electrons. The van der Waals surface area contributed by atoms with Crippen LogP contribution in [0.3, 0.4) is 0 Å². The van der Waals surface area contributed by atoms with Crippen LogP contribution in [0.1, 0.15) is 50.3 Å². The van der Waals surface area contributed by atoms with E-state index in [4.69, 9.17) is 9.15 Å². The summed E-state index contributed by atoms with van der Waals surface area (Å²) in [6, 6.07) is 3.49. The topological polar surface area (TPSA) is 85.5 Å². The number of ether oxygens (including phenoxy) is 1. The highest BCUT2D eigenvalue weighted by Crippen LogP contribution is 2.33. The number of hydrogen-bond acceptors (Lipinski definition) is 6. The van der Waals surface area contributed by atoms with Gasteiger partial charge in [0.25, 0.3) is 0 Å². The molecular weight excluding hydrogens is 361 g/mol. The maximum atomic E-state index is 13.6. The Morgan fingerprint density at radius 3 is 2.54 bits per heavy atom. The lowest BCUT2D eigenvalue weighted by atomic mass is 9.98. The number of benzene rings is 1. The largest absolute Gasteiger partial charge is 0.495 e. The first kappa shape index (κ1) is 18.8. The number of piperidine rings is 1. The summed E-state index contributed by atoms with van der Waals surface area (Å²) in [5.41, 5.74) is 0. The van der Waals surface area contributed by atoms with Crippen LogP contribution in [0.5, 0.6) is 5.75 Å². The molecule has 7 nitrogen and oxygen atoms in total. The number of aromatic nitrogens is 2. The summed E-state index contributed by atoms with van der Waals surface area (Å²) in [5, 5.41) is 8.12. The van der Waals surface area contributed by atoms with Gasteiger partial charge in [-0.3, -0.25) is 0 Å². The van der Waals surface area contributed by atoms with Crippen LogP contribution in [0.15, 0.2) is 27.5 Å². The Morgan fingerprint density at radius 1 is 1.27 bits per heavy atom. The first-order valence-electron chi connectivity index (χ1n) is 8.50. The van der Waals surface area contributed by atoms with Crippen molar-refractivity contribution in [3.8, 4) is 5.75 Å². The third kappa shape index (κ3) is 3.59. The fraction of sp³-hybridized carbons (Fsp3) is 0.529. The molecule has 0 saturated carbocycles. The smallest absolute Gasteiger partial charge is 0.246 e. The lowest BCUT2D eigenvalue weighted by Gasteiger charge is -2.30. The minimum atomic E-state index is -3.84. The predicted octanol–water partition coefficient (Wildman–Crippen LogP) is 2.91. The van der Waals surface area contributed by atoms with E-state index >= 15 is 0 Å². The van der Waals surface area contributed by atoms with Gasteiger partial charge in [0.15, 0.2) is 0 Å². The molecule has 0 unspecified atom stereocenters. The molecule has 0 aliphatic carbocycles. The van der Waals surface area contributed by atoms with Gasteiger partial charge >= 0.3 is 0 Å². The number of methoxy groups -OCH3 is 1. The molecule has 1 aliphatic heterocycles. The van der Waals surface area contributed by atoms with Gasteiger partial charge in [-0.05, 0) is 31.0 Å². The zero-order chi connectivity index (χ0) is 18.9. The summed E-state index contributed by atoms with van der Waals surface area (Å²) in [6.07, 6.45) is 1.13. The second-order valence-corrected chi connectivity index (χ2v) is 8.51. The SMILES string of the molecule is COc1ccc(F)cc1S(=O)(=O)N1CCC(c2nnc(C(C)C)o2)CC1. The molecule has 3 rings (SSSR count). The Balaban J connectivity index is 1.75. The number of hydrogen-bond donors (Lipinski definition) is 0. The first-order valence-corrected chi connectivity index (χ1v) is 9.94. The van der Waals surface area contributed by atoms with Gasteiger partial charge in [-0.2, -0.15) is 4.31 Å². The molecule has 0 radical (unpaired) electrons. The van der Waals surface area contributed by atoms with Gasteiger partial charge in [0.2, 0.25) is 21.8 Å². The molecule has 1 aromatic carbocycles. The third-order valence-corrected chi connectivity index (χ3v) is 6.42. The molecule has 1 saturated heterocycles. The molecule has 1 fully saturated rings. The number of halogens is 1. The molecule has 9 heteroatoms. The first-order chi connectivity index (χ1) is 12.3. The number of rotatable bonds is 5. The summed E-state index contributed by atoms with van der Waals surface area (Å²) in [6.45, 7) is 4.54. The predicted molar refractivity (Wildman–Crippen MR) is 92.1 cm³/mol. The van der Waals surface area contributed by atoms with Crippen molar-refractivity contribution in [1.29, 1.82) is 0 Å². The minimum absolute atomic E-state index is 0.0239. The molecule has 0 bridgehead atoms. The van der Waals surface area contributed by atoms with E-state index in [2.05, 4.69) is 10.2 Å². The standard InChI is InChI=1S/C17H22FN3O4S/c1-11(2)16-19-20-17(25-16)12-6-8-21(9-7-12)26(22,23)15-10-13(18)4-5-14(15)24-3/h4-5,10-12H,6-9H2,1-3H3. The summed E-state index contributed by atoms with van der Waals surface area (Å²) < 4.78 is 51.5. The average Bonchev–Trinajstić information content (AvgIpc) is 3.12. The van der Waals surface area contributed by atoms with E-state index in [9.17, 15) is 12.8 Å². The van der Waals surface area contributed by atoms with Crippen LogP contribution in [0.4, 0.5) is 4.39 Å². The van der Waals surface area contributed by atoms with Crippen LogP contribution in [-0.4, -0.2) is 43.1 Å². The normalized spacial score (nSPS) is 17.0. The molecule has 0 amide bonds. The van der Waals surface area contributed by atoms with Crippen molar-refractivity contribution in [2.75, 3.05) is 20.2 Å². The van der Waals surface area contributed by atoms with Crippen LogP contribution < -0.4 is 4.74 Å². The maximum absolute atomic E-state index is 13.6. The van der Waals surface area contributed by atoms with Crippen molar-refractivity contribution in [1.82, 2.24) is 14.5 Å². The quantitative estimate of drug-likeness (QED) is 0.789. The fourth-order valence-electron chi connectivity index (χ4n) is 2.98. The molecule has 0 atom stereocenters. The summed E-state index contributed by atoms with van der Waals surface area (Å²) in [7, 11) is -2.48. The Kier molecular flexibility index (Phi) is 5.29. The van der Waals surface area contributed by atoms with Crippen molar-refractivity contribution < 1.29 is 22.0 Å². The highest BCUT2D eigenvalue weighted by molar-refractivity contribution is 7.89. The van der Waals surface area contributed by atoms with Crippen molar-refractivity contribution in [3.05, 3.63) is 35.8 Å². The summed E-state index contributed by atoms with van der Waals surface area (Å²) in [5.74, 6) is 0.819. The van der Waals surface area contributed by atoms with Crippen LogP contribution in [0.2, 0.25) is 0 Å². The van der Waals surface area contributed by atoms with Gasteiger partial charge in [-0.15, -0.1) is 10.2 Å². The van der Waals surface area contributed by atoms with Crippen molar-refractivity contribution in [3.63, 3.8) is 0 Å². The van der Waals surface area contributed by atoms with Crippen molar-refractivity contribution in [2.45, 2.75) is 43.4 Å². The van der Waals surface area contributed by atoms with E-state index in [0.29, 0.717) is 37.7 Å². The van der Waals surface area contributed by atoms with Crippen LogP contribution in [0, 0.1) is 5.82 Å². The Morgan fingerprint density at radius 2 is 1.96 bits per heavy atom. The molecule has 1 aromatic heterocycles. The molecule has 0 N–H and O–H groups in total. The second-order valence-electron chi connectivity index (χ2n) is 6.61. The van der Waals surface area contributed by atoms with Gasteiger partial charge in [0.1, 0.15) is 16.5 Å². The summed E-state index contributed by atoms with van der Waals surface area (Å²) in [4.78, 5) is -0.154. The molecule has 0 spiro atoms. The lowest BCUT2D eigenvalue weighted by Crippen LogP contribution is -2.38. The van der Waals surface area contributed by atoms with E-state index in [0.717, 1.165) is 6.07 Å². The highest BCUT2D eigenvalue weighted by atomic mass is 32.2. The molecule has 1 aliphatic rings. The minimum Gasteiger partial charge on any atom is -0.495 e. The van der Waals surface area contributed by atoms with E-state index in [1.165, 1.54) is 23.5 Å². The molecular formula is C17H22FN3O4S. The third-order valence-electron chi connectivity index (χ3n) is 4.50. The zero-order valence-corrected chi connectivity index (χ0v) is 15.8. The highest BCUT2D eigenvalue weighted by Gasteiger charge is 2.34. The molecule has 2 aromatic rings. The van der Waals surface area contributed by atoms with Gasteiger partial charge in [-0.25, -0.2) is 12.8 Å². The van der Waals surface area contributed by atoms with Gasteiger partial charge in [0.05, 0.1) is 7.11 Å². The van der Waals surface area contributed by atoms with E-state index in [1.54, 1.807) is 0 Å². The van der Waals surface area contributed by atoms with Gasteiger partial charge < -0.3 is 9.15 Å². The number of nitrogens with zero attached hydrogens (tertiary/aromatic N) is 3. The summed E-state index contributed by atoms with van der Waals surface area (Å²) >= 11 is 0. The Bertz CT molecular complexity index is 874. The number of sulfonamides is 1. The molecule has 26 heavy (non-hydrogen) atoms. The monoisotopic (exact) mass is 383 g/mol. The second kappa shape index (κ2) is 7.32. The Hall–Kier alpha value is -2.00. The maximum Gasteiger partial charge on any atom is 0.246 e. The lowest BCUT2D eigenvalue weighted by molar-refractivity contribution is 0.284. The van der Waals surface area contributed by atoms with Crippen LogP contribution in [0.25, 0.3) is 0 Å².